The van der Waals surface area contributed by atoms with E-state index in [0.717, 1.165) is 0 Å². The van der Waals surface area contributed by atoms with Crippen molar-refractivity contribution in [3.8, 4) is 0 Å². The normalized spacial score (nSPS) is 16.3. The Morgan fingerprint density at radius 1 is 1.00 bits per heavy atom. The van der Waals surface area contributed by atoms with Crippen LogP contribution in [0.1, 0.15) is 30.5 Å². The number of rotatable bonds is 2. The van der Waals surface area contributed by atoms with Crippen molar-refractivity contribution >= 4 is 5.69 Å². The maximum atomic E-state index is 13.7. The molecule has 1 saturated heterocycles. The van der Waals surface area contributed by atoms with Crippen LogP contribution in [-0.2, 0) is 0 Å². The molecule has 9 heteroatoms. The number of anilines is 1. The van der Waals surface area contributed by atoms with Crippen LogP contribution in [0, 0.1) is 30.5 Å². The van der Waals surface area contributed by atoms with E-state index in [0.29, 0.717) is 24.6 Å². The molecule has 118 valence electrons. The second kappa shape index (κ2) is 5.54. The van der Waals surface area contributed by atoms with E-state index >= 15 is 0 Å². The SMILES string of the molecule is Cc1nc(C2CCN(c3c(F)c(F)nc(F)c3F)CC2)no1. The zero-order chi connectivity index (χ0) is 15.9. The maximum absolute atomic E-state index is 13.7. The third-order valence-corrected chi connectivity index (χ3v) is 3.69. The van der Waals surface area contributed by atoms with Crippen LogP contribution in [-0.4, -0.2) is 28.2 Å². The van der Waals surface area contributed by atoms with Crippen molar-refractivity contribution in [3.63, 3.8) is 0 Å². The third-order valence-electron chi connectivity index (χ3n) is 3.69. The summed E-state index contributed by atoms with van der Waals surface area (Å²) in [7, 11) is 0. The van der Waals surface area contributed by atoms with E-state index in [-0.39, 0.29) is 19.0 Å². The molecular formula is C13H12F4N4O. The lowest BCUT2D eigenvalue weighted by molar-refractivity contribution is 0.372. The van der Waals surface area contributed by atoms with Gasteiger partial charge in [0, 0.05) is 25.9 Å². The Kier molecular flexibility index (Phi) is 3.71. The van der Waals surface area contributed by atoms with E-state index in [1.54, 1.807) is 6.92 Å². The molecule has 0 saturated carbocycles. The number of pyridine rings is 1. The van der Waals surface area contributed by atoms with E-state index in [1.165, 1.54) is 4.90 Å². The van der Waals surface area contributed by atoms with Crippen molar-refractivity contribution in [2.45, 2.75) is 25.7 Å². The van der Waals surface area contributed by atoms with Crippen molar-refractivity contribution in [3.05, 3.63) is 35.2 Å². The van der Waals surface area contributed by atoms with Crippen molar-refractivity contribution in [2.24, 2.45) is 0 Å². The van der Waals surface area contributed by atoms with Crippen LogP contribution < -0.4 is 4.90 Å². The molecule has 0 amide bonds. The van der Waals surface area contributed by atoms with Gasteiger partial charge in [-0.15, -0.1) is 0 Å². The number of aromatic nitrogens is 3. The van der Waals surface area contributed by atoms with Crippen LogP contribution in [0.2, 0.25) is 0 Å². The predicted molar refractivity (Wildman–Crippen MR) is 67.3 cm³/mol. The summed E-state index contributed by atoms with van der Waals surface area (Å²) >= 11 is 0. The number of nitrogens with zero attached hydrogens (tertiary/aromatic N) is 4. The minimum Gasteiger partial charge on any atom is -0.366 e. The first kappa shape index (κ1) is 14.7. The lowest BCUT2D eigenvalue weighted by Gasteiger charge is -2.32. The molecule has 22 heavy (non-hydrogen) atoms. The minimum atomic E-state index is -1.65. The monoisotopic (exact) mass is 316 g/mol. The average Bonchev–Trinajstić information content (AvgIpc) is 2.93. The Bertz CT molecular complexity index is 671. The van der Waals surface area contributed by atoms with E-state index in [9.17, 15) is 17.6 Å². The van der Waals surface area contributed by atoms with Crippen LogP contribution in [0.4, 0.5) is 23.2 Å². The summed E-state index contributed by atoms with van der Waals surface area (Å²) in [5.74, 6) is -5.30. The first-order valence-electron chi connectivity index (χ1n) is 6.72. The van der Waals surface area contributed by atoms with Gasteiger partial charge in [-0.05, 0) is 12.8 Å². The first-order valence-corrected chi connectivity index (χ1v) is 6.72. The number of piperidine rings is 1. The van der Waals surface area contributed by atoms with Gasteiger partial charge in [0.15, 0.2) is 5.82 Å². The van der Waals surface area contributed by atoms with Crippen molar-refractivity contribution < 1.29 is 22.1 Å². The largest absolute Gasteiger partial charge is 0.366 e. The van der Waals surface area contributed by atoms with E-state index in [1.807, 2.05) is 0 Å². The molecule has 3 heterocycles. The molecule has 1 fully saturated rings. The van der Waals surface area contributed by atoms with Crippen LogP contribution in [0.3, 0.4) is 0 Å². The summed E-state index contributed by atoms with van der Waals surface area (Å²) in [6.07, 6.45) is 0.979. The second-order valence-corrected chi connectivity index (χ2v) is 5.10. The quantitative estimate of drug-likeness (QED) is 0.630. The van der Waals surface area contributed by atoms with Gasteiger partial charge in [0.25, 0.3) is 11.9 Å². The zero-order valence-corrected chi connectivity index (χ0v) is 11.6. The summed E-state index contributed by atoms with van der Waals surface area (Å²) in [5, 5.41) is 3.82. The molecule has 1 aliphatic heterocycles. The molecule has 0 bridgehead atoms. The fourth-order valence-corrected chi connectivity index (χ4v) is 2.60. The molecule has 2 aromatic heterocycles. The van der Waals surface area contributed by atoms with Gasteiger partial charge < -0.3 is 9.42 Å². The van der Waals surface area contributed by atoms with Crippen LogP contribution in [0.15, 0.2) is 4.52 Å². The van der Waals surface area contributed by atoms with Gasteiger partial charge in [-0.25, -0.2) is 0 Å². The molecule has 0 atom stereocenters. The molecule has 0 unspecified atom stereocenters. The molecule has 0 aliphatic carbocycles. The van der Waals surface area contributed by atoms with Gasteiger partial charge in [-0.1, -0.05) is 5.16 Å². The highest BCUT2D eigenvalue weighted by atomic mass is 19.2. The third kappa shape index (κ3) is 2.51. The summed E-state index contributed by atoms with van der Waals surface area (Å²) in [4.78, 5) is 7.94. The van der Waals surface area contributed by atoms with E-state index in [4.69, 9.17) is 4.52 Å². The average molecular weight is 316 g/mol. The molecular weight excluding hydrogens is 304 g/mol. The number of halogens is 4. The fraction of sp³-hybridized carbons (Fsp3) is 0.462. The van der Waals surface area contributed by atoms with Crippen LogP contribution in [0.5, 0.6) is 0 Å². The fourth-order valence-electron chi connectivity index (χ4n) is 2.60. The van der Waals surface area contributed by atoms with Gasteiger partial charge in [0.05, 0.1) is 0 Å². The Morgan fingerprint density at radius 2 is 1.59 bits per heavy atom. The number of hydrogen-bond donors (Lipinski definition) is 0. The molecule has 3 rings (SSSR count). The summed E-state index contributed by atoms with van der Waals surface area (Å²) in [6, 6.07) is 0. The Morgan fingerprint density at radius 3 is 2.09 bits per heavy atom. The smallest absolute Gasteiger partial charge is 0.253 e. The number of hydrogen-bond acceptors (Lipinski definition) is 5. The van der Waals surface area contributed by atoms with Crippen molar-refractivity contribution in [1.29, 1.82) is 0 Å². The molecule has 0 aromatic carbocycles. The Hall–Kier alpha value is -2.19. The van der Waals surface area contributed by atoms with Gasteiger partial charge in [0.2, 0.25) is 17.5 Å². The molecule has 0 spiro atoms. The van der Waals surface area contributed by atoms with Gasteiger partial charge in [-0.3, -0.25) is 0 Å². The lowest BCUT2D eigenvalue weighted by Crippen LogP contribution is -2.35. The Labute approximate surface area is 122 Å². The molecule has 0 N–H and O–H groups in total. The summed E-state index contributed by atoms with van der Waals surface area (Å²) in [6.45, 7) is 2.10. The highest BCUT2D eigenvalue weighted by molar-refractivity contribution is 5.49. The van der Waals surface area contributed by atoms with E-state index in [2.05, 4.69) is 15.1 Å². The van der Waals surface area contributed by atoms with Crippen molar-refractivity contribution in [2.75, 3.05) is 18.0 Å². The molecule has 2 aromatic rings. The maximum Gasteiger partial charge on any atom is 0.253 e. The van der Waals surface area contributed by atoms with Crippen LogP contribution >= 0.6 is 0 Å². The highest BCUT2D eigenvalue weighted by Gasteiger charge is 2.30. The topological polar surface area (TPSA) is 55.1 Å². The lowest BCUT2D eigenvalue weighted by atomic mass is 9.96. The molecule has 5 nitrogen and oxygen atoms in total. The van der Waals surface area contributed by atoms with E-state index < -0.39 is 29.2 Å². The Balaban J connectivity index is 1.80. The summed E-state index contributed by atoms with van der Waals surface area (Å²) < 4.78 is 58.7. The summed E-state index contributed by atoms with van der Waals surface area (Å²) in [5.41, 5.74) is -0.715. The van der Waals surface area contributed by atoms with Crippen molar-refractivity contribution in [1.82, 2.24) is 15.1 Å². The molecule has 0 radical (unpaired) electrons. The predicted octanol–water partition coefficient (Wildman–Crippen LogP) is 2.71. The molecule has 1 aliphatic rings. The zero-order valence-electron chi connectivity index (χ0n) is 11.6. The minimum absolute atomic E-state index is 0.0173. The number of aryl methyl sites for hydroxylation is 1. The van der Waals surface area contributed by atoms with Gasteiger partial charge >= 0.3 is 0 Å². The standard InChI is InChI=1S/C13H12F4N4O/c1-6-18-13(20-22-6)7-2-4-21(5-3-7)10-8(14)11(16)19-12(17)9(10)15/h7H,2-5H2,1H3. The second-order valence-electron chi connectivity index (χ2n) is 5.10. The van der Waals surface area contributed by atoms with Crippen LogP contribution in [0.25, 0.3) is 0 Å². The van der Waals surface area contributed by atoms with Gasteiger partial charge in [-0.2, -0.15) is 27.5 Å². The first-order chi connectivity index (χ1) is 10.5. The van der Waals surface area contributed by atoms with Gasteiger partial charge in [0.1, 0.15) is 5.69 Å². The highest BCUT2D eigenvalue weighted by Crippen LogP contribution is 2.32.